The number of carbonyl (C=O) groups is 1. The summed E-state index contributed by atoms with van der Waals surface area (Å²) in [6.07, 6.45) is 2.56. The number of benzene rings is 3. The predicted molar refractivity (Wildman–Crippen MR) is 126 cm³/mol. The molecule has 0 saturated carbocycles. The zero-order valence-electron chi connectivity index (χ0n) is 19.0. The van der Waals surface area contributed by atoms with Crippen LogP contribution < -0.4 is 14.2 Å². The Morgan fingerprint density at radius 3 is 2.91 bits per heavy atom. The number of carboxylic acid groups (broad SMARTS) is 1. The van der Waals surface area contributed by atoms with E-state index in [1.807, 2.05) is 35.9 Å². The van der Waals surface area contributed by atoms with Crippen LogP contribution in [0.5, 0.6) is 23.0 Å². The fraction of sp³-hybridized carbons (Fsp3) is 0.259. The largest absolute Gasteiger partial charge is 0.492 e. The summed E-state index contributed by atoms with van der Waals surface area (Å²) in [4.78, 5) is 15.5. The minimum Gasteiger partial charge on any atom is -0.492 e. The van der Waals surface area contributed by atoms with E-state index in [2.05, 4.69) is 4.98 Å². The number of aromatic nitrogens is 2. The summed E-state index contributed by atoms with van der Waals surface area (Å²) in [6.45, 7) is 0.330. The minimum absolute atomic E-state index is 0.0183. The summed E-state index contributed by atoms with van der Waals surface area (Å²) >= 11 is 0. The molecule has 0 bridgehead atoms. The average Bonchev–Trinajstić information content (AvgIpc) is 3.54. The van der Waals surface area contributed by atoms with Crippen molar-refractivity contribution in [3.05, 3.63) is 77.4 Å². The highest BCUT2D eigenvalue weighted by Gasteiger charge is 2.32. The molecule has 4 aromatic rings. The quantitative estimate of drug-likeness (QED) is 0.396. The second-order valence-electron chi connectivity index (χ2n) is 9.00. The van der Waals surface area contributed by atoms with Gasteiger partial charge >= 0.3 is 5.97 Å². The molecule has 0 unspecified atom stereocenters. The van der Waals surface area contributed by atoms with Gasteiger partial charge in [-0.1, -0.05) is 6.07 Å². The summed E-state index contributed by atoms with van der Waals surface area (Å²) in [6, 6.07) is 14.2. The van der Waals surface area contributed by atoms with Crippen molar-refractivity contribution in [2.75, 3.05) is 6.61 Å². The van der Waals surface area contributed by atoms with Gasteiger partial charge in [0, 0.05) is 41.8 Å². The first-order chi connectivity index (χ1) is 17.0. The molecule has 0 fully saturated rings. The van der Waals surface area contributed by atoms with Gasteiger partial charge in [-0.3, -0.25) is 4.79 Å². The number of aryl methyl sites for hydroxylation is 1. The summed E-state index contributed by atoms with van der Waals surface area (Å²) in [7, 11) is 1.93. The normalized spacial score (nSPS) is 18.2. The summed E-state index contributed by atoms with van der Waals surface area (Å²) in [5.41, 5.74) is 4.00. The Kier molecular flexibility index (Phi) is 5.09. The standard InChI is InChI=1S/C27H23FN2O5/c1-30-14-29-21-11-16(3-7-22(21)30)34-23-9-6-20(28)27-19(23)5-8-24(27)35-17-2-4-18-15(10-26(31)32)13-33-25(18)12-17/h2-4,6-7,9,11-12,14-15,24H,5,8,10,13H2,1H3,(H,31,32)/t15-,24-/m1/s1. The highest BCUT2D eigenvalue weighted by atomic mass is 19.1. The van der Waals surface area contributed by atoms with Gasteiger partial charge in [0.15, 0.2) is 0 Å². The van der Waals surface area contributed by atoms with Gasteiger partial charge in [0.1, 0.15) is 34.9 Å². The topological polar surface area (TPSA) is 82.8 Å². The highest BCUT2D eigenvalue weighted by Crippen LogP contribution is 2.44. The Morgan fingerprint density at radius 1 is 1.20 bits per heavy atom. The van der Waals surface area contributed by atoms with Crippen molar-refractivity contribution >= 4 is 17.0 Å². The van der Waals surface area contributed by atoms with Crippen LogP contribution >= 0.6 is 0 Å². The molecule has 3 aromatic carbocycles. The summed E-state index contributed by atoms with van der Waals surface area (Å²) in [5, 5.41) is 9.10. The van der Waals surface area contributed by atoms with Crippen LogP contribution in [-0.4, -0.2) is 27.2 Å². The molecule has 1 aliphatic heterocycles. The molecule has 8 heteroatoms. The monoisotopic (exact) mass is 474 g/mol. The Balaban J connectivity index is 1.24. The van der Waals surface area contributed by atoms with E-state index in [1.54, 1.807) is 24.5 Å². The number of rotatable bonds is 6. The van der Waals surface area contributed by atoms with Crippen LogP contribution in [0.2, 0.25) is 0 Å². The van der Waals surface area contributed by atoms with Gasteiger partial charge < -0.3 is 23.9 Å². The van der Waals surface area contributed by atoms with Gasteiger partial charge in [-0.15, -0.1) is 0 Å². The molecule has 0 saturated heterocycles. The van der Waals surface area contributed by atoms with Gasteiger partial charge in [-0.25, -0.2) is 9.37 Å². The van der Waals surface area contributed by atoms with E-state index >= 15 is 0 Å². The number of hydrogen-bond donors (Lipinski definition) is 1. The van der Waals surface area contributed by atoms with E-state index in [0.29, 0.717) is 48.0 Å². The molecule has 1 N–H and O–H groups in total. The number of fused-ring (bicyclic) bond motifs is 3. The molecule has 178 valence electrons. The first kappa shape index (κ1) is 21.5. The van der Waals surface area contributed by atoms with Crippen molar-refractivity contribution in [2.24, 2.45) is 7.05 Å². The highest BCUT2D eigenvalue weighted by molar-refractivity contribution is 5.77. The third-order valence-electron chi connectivity index (χ3n) is 6.73. The van der Waals surface area contributed by atoms with Crippen molar-refractivity contribution in [3.8, 4) is 23.0 Å². The lowest BCUT2D eigenvalue weighted by atomic mass is 9.98. The smallest absolute Gasteiger partial charge is 0.304 e. The van der Waals surface area contributed by atoms with Crippen LogP contribution in [0.25, 0.3) is 11.0 Å². The molecule has 0 spiro atoms. The number of carboxylic acids is 1. The molecule has 35 heavy (non-hydrogen) atoms. The lowest BCUT2D eigenvalue weighted by Crippen LogP contribution is -2.07. The van der Waals surface area contributed by atoms with Gasteiger partial charge in [0.05, 0.1) is 30.4 Å². The molecular weight excluding hydrogens is 451 g/mol. The minimum atomic E-state index is -0.859. The van der Waals surface area contributed by atoms with E-state index in [0.717, 1.165) is 22.2 Å². The Morgan fingerprint density at radius 2 is 2.06 bits per heavy atom. The molecule has 7 nitrogen and oxygen atoms in total. The number of hydrogen-bond acceptors (Lipinski definition) is 5. The molecule has 0 amide bonds. The fourth-order valence-corrected chi connectivity index (χ4v) is 5.04. The number of aliphatic carboxylic acids is 1. The van der Waals surface area contributed by atoms with Crippen LogP contribution in [0.4, 0.5) is 4.39 Å². The van der Waals surface area contributed by atoms with Crippen LogP contribution in [-0.2, 0) is 18.3 Å². The molecule has 1 aliphatic carbocycles. The third kappa shape index (κ3) is 3.84. The Hall–Kier alpha value is -4.07. The first-order valence-corrected chi connectivity index (χ1v) is 11.5. The Bertz CT molecular complexity index is 1460. The predicted octanol–water partition coefficient (Wildman–Crippen LogP) is 5.52. The maximum Gasteiger partial charge on any atom is 0.304 e. The van der Waals surface area contributed by atoms with Crippen molar-refractivity contribution in [1.29, 1.82) is 0 Å². The fourth-order valence-electron chi connectivity index (χ4n) is 5.04. The summed E-state index contributed by atoms with van der Waals surface area (Å²) in [5.74, 6) is 1.07. The SMILES string of the molecule is Cn1cnc2cc(Oc3ccc(F)c4c3CC[C@H]4Oc3ccc4c(c3)OC[C@H]4CC(=O)O)ccc21. The average molecular weight is 474 g/mol. The number of nitrogens with zero attached hydrogens (tertiary/aromatic N) is 2. The molecule has 2 atom stereocenters. The lowest BCUT2D eigenvalue weighted by molar-refractivity contribution is -0.137. The van der Waals surface area contributed by atoms with Crippen molar-refractivity contribution < 1.29 is 28.5 Å². The second kappa shape index (κ2) is 8.30. The second-order valence-corrected chi connectivity index (χ2v) is 9.00. The molecule has 1 aromatic heterocycles. The van der Waals surface area contributed by atoms with E-state index < -0.39 is 12.1 Å². The van der Waals surface area contributed by atoms with Crippen LogP contribution in [0.3, 0.4) is 0 Å². The van der Waals surface area contributed by atoms with Gasteiger partial charge in [-0.05, 0) is 43.2 Å². The number of imidazole rings is 1. The molecular formula is C27H23FN2O5. The van der Waals surface area contributed by atoms with Crippen molar-refractivity contribution in [2.45, 2.75) is 31.3 Å². The molecule has 0 radical (unpaired) electrons. The van der Waals surface area contributed by atoms with Gasteiger partial charge in [0.25, 0.3) is 0 Å². The number of halogens is 1. The third-order valence-corrected chi connectivity index (χ3v) is 6.73. The van der Waals surface area contributed by atoms with E-state index in [4.69, 9.17) is 19.3 Å². The maximum absolute atomic E-state index is 14.9. The van der Waals surface area contributed by atoms with Gasteiger partial charge in [0.2, 0.25) is 0 Å². The summed E-state index contributed by atoms with van der Waals surface area (Å²) < 4.78 is 34.9. The van der Waals surface area contributed by atoms with E-state index in [-0.39, 0.29) is 18.2 Å². The van der Waals surface area contributed by atoms with Crippen molar-refractivity contribution in [3.63, 3.8) is 0 Å². The van der Waals surface area contributed by atoms with Crippen LogP contribution in [0, 0.1) is 5.82 Å². The molecule has 6 rings (SSSR count). The van der Waals surface area contributed by atoms with E-state index in [9.17, 15) is 9.18 Å². The molecule has 2 heterocycles. The zero-order valence-corrected chi connectivity index (χ0v) is 19.0. The van der Waals surface area contributed by atoms with Crippen LogP contribution in [0.1, 0.15) is 41.6 Å². The Labute approximate surface area is 200 Å². The number of ether oxygens (including phenoxy) is 3. The van der Waals surface area contributed by atoms with E-state index in [1.165, 1.54) is 6.07 Å². The zero-order chi connectivity index (χ0) is 24.1. The van der Waals surface area contributed by atoms with Crippen LogP contribution in [0.15, 0.2) is 54.9 Å². The maximum atomic E-state index is 14.9. The van der Waals surface area contributed by atoms with Gasteiger partial charge in [-0.2, -0.15) is 0 Å². The first-order valence-electron chi connectivity index (χ1n) is 11.5. The molecule has 2 aliphatic rings. The lowest BCUT2D eigenvalue weighted by Gasteiger charge is -2.17. The van der Waals surface area contributed by atoms with Crippen molar-refractivity contribution in [1.82, 2.24) is 9.55 Å².